The zero-order valence-corrected chi connectivity index (χ0v) is 17.9. The number of rotatable bonds is 2. The molecule has 0 unspecified atom stereocenters. The molecule has 0 saturated heterocycles. The van der Waals surface area contributed by atoms with E-state index in [2.05, 4.69) is 43.3 Å². The van der Waals surface area contributed by atoms with Crippen LogP contribution in [0.25, 0.3) is 27.1 Å². The third kappa shape index (κ3) is 2.45. The van der Waals surface area contributed by atoms with Crippen molar-refractivity contribution in [3.05, 3.63) is 51.4 Å². The molecule has 0 saturated carbocycles. The maximum atomic E-state index is 13.3. The first kappa shape index (κ1) is 18.8. The molecule has 0 amide bonds. The van der Waals surface area contributed by atoms with Gasteiger partial charge < -0.3 is 14.1 Å². The highest BCUT2D eigenvalue weighted by molar-refractivity contribution is 6.21. The maximum absolute atomic E-state index is 13.3. The Hall–Kier alpha value is -3.19. The van der Waals surface area contributed by atoms with Crippen molar-refractivity contribution in [2.45, 2.75) is 20.4 Å². The van der Waals surface area contributed by atoms with Crippen LogP contribution in [0.3, 0.4) is 0 Å². The highest BCUT2D eigenvalue weighted by Crippen LogP contribution is 2.41. The molecular formula is C23H25N4O3+. The van der Waals surface area contributed by atoms with Crippen LogP contribution in [0.5, 0.6) is 0 Å². The number of hydrogen-bond donors (Lipinski definition) is 0. The molecule has 0 N–H and O–H groups in total. The summed E-state index contributed by atoms with van der Waals surface area (Å²) in [5, 5.41) is 7.84. The monoisotopic (exact) mass is 405 g/mol. The second kappa shape index (κ2) is 6.15. The van der Waals surface area contributed by atoms with Gasteiger partial charge in [-0.1, -0.05) is 12.1 Å². The zero-order valence-electron chi connectivity index (χ0n) is 17.9. The van der Waals surface area contributed by atoms with Crippen LogP contribution in [0.1, 0.15) is 28.5 Å². The van der Waals surface area contributed by atoms with Gasteiger partial charge in [0.2, 0.25) is 0 Å². The maximum Gasteiger partial charge on any atom is 0.342 e. The lowest BCUT2D eigenvalue weighted by Gasteiger charge is -2.41. The molecule has 154 valence electrons. The molecule has 0 aliphatic carbocycles. The largest absolute Gasteiger partial charge is 0.462 e. The summed E-state index contributed by atoms with van der Waals surface area (Å²) in [6, 6.07) is 7.97. The van der Waals surface area contributed by atoms with Crippen molar-refractivity contribution in [1.29, 1.82) is 0 Å². The van der Waals surface area contributed by atoms with Crippen molar-refractivity contribution in [3.63, 3.8) is 0 Å². The average Bonchev–Trinajstić information content (AvgIpc) is 3.02. The Morgan fingerprint density at radius 3 is 2.70 bits per heavy atom. The van der Waals surface area contributed by atoms with E-state index in [1.807, 2.05) is 12.1 Å². The van der Waals surface area contributed by atoms with Crippen molar-refractivity contribution in [1.82, 2.24) is 9.61 Å². The smallest absolute Gasteiger partial charge is 0.342 e. The van der Waals surface area contributed by atoms with Gasteiger partial charge in [-0.25, -0.2) is 4.79 Å². The molecule has 2 aromatic heterocycles. The first-order chi connectivity index (χ1) is 14.2. The molecular weight excluding hydrogens is 380 g/mol. The number of aryl methyl sites for hydroxylation is 1. The minimum Gasteiger partial charge on any atom is -0.462 e. The lowest BCUT2D eigenvalue weighted by atomic mass is 9.93. The molecule has 4 aromatic rings. The third-order valence-electron chi connectivity index (χ3n) is 6.00. The number of anilines is 1. The summed E-state index contributed by atoms with van der Waals surface area (Å²) < 4.78 is 7.50. The molecule has 7 heteroatoms. The van der Waals surface area contributed by atoms with Gasteiger partial charge >= 0.3 is 5.97 Å². The van der Waals surface area contributed by atoms with E-state index in [0.29, 0.717) is 22.2 Å². The molecule has 0 spiro atoms. The second-order valence-electron chi connectivity index (χ2n) is 8.84. The van der Waals surface area contributed by atoms with Crippen LogP contribution < -0.4 is 10.5 Å². The number of carbonyl (C=O) groups is 1. The molecule has 1 aliphatic rings. The lowest BCUT2D eigenvalue weighted by Crippen LogP contribution is -2.50. The Balaban J connectivity index is 2.01. The fourth-order valence-corrected chi connectivity index (χ4v) is 5.10. The molecule has 7 nitrogen and oxygen atoms in total. The third-order valence-corrected chi connectivity index (χ3v) is 6.00. The molecule has 5 rings (SSSR count). The van der Waals surface area contributed by atoms with Gasteiger partial charge in [-0.2, -0.15) is 9.61 Å². The fraction of sp³-hybridized carbons (Fsp3) is 0.348. The normalized spacial score (nSPS) is 15.8. The molecule has 30 heavy (non-hydrogen) atoms. The van der Waals surface area contributed by atoms with Crippen LogP contribution in [0, 0.1) is 6.92 Å². The fourth-order valence-electron chi connectivity index (χ4n) is 5.10. The molecule has 3 heterocycles. The number of aromatic nitrogens is 2. The molecule has 1 aliphatic heterocycles. The van der Waals surface area contributed by atoms with E-state index in [1.54, 1.807) is 13.8 Å². The topological polar surface area (TPSA) is 63.9 Å². The summed E-state index contributed by atoms with van der Waals surface area (Å²) in [6.07, 6.45) is 0. The standard InChI is InChI=1S/C23H25N4O3/c1-6-30-23(29)18-13(2)24-26-21(18)17-10-14-11-27(4,5)12-25(3)20(14)15-8-7-9-16(19(15)17)22(26)28/h7-10H,6,11-12H2,1-5H3/q+1. The van der Waals surface area contributed by atoms with Gasteiger partial charge in [0.1, 0.15) is 12.1 Å². The van der Waals surface area contributed by atoms with Gasteiger partial charge in [0.15, 0.2) is 6.67 Å². The van der Waals surface area contributed by atoms with E-state index in [4.69, 9.17) is 4.74 Å². The predicted octanol–water partition coefficient (Wildman–Crippen LogP) is 2.91. The number of esters is 1. The zero-order chi connectivity index (χ0) is 21.4. The Labute approximate surface area is 174 Å². The van der Waals surface area contributed by atoms with Gasteiger partial charge in [0.05, 0.1) is 43.0 Å². The van der Waals surface area contributed by atoms with Crippen molar-refractivity contribution < 1.29 is 14.0 Å². The van der Waals surface area contributed by atoms with Gasteiger partial charge in [-0.05, 0) is 26.0 Å². The Bertz CT molecular complexity index is 1400. The van der Waals surface area contributed by atoms with Crippen LogP contribution in [0.4, 0.5) is 5.69 Å². The van der Waals surface area contributed by atoms with Gasteiger partial charge in [0.25, 0.3) is 5.56 Å². The van der Waals surface area contributed by atoms with E-state index < -0.39 is 5.97 Å². The number of nitrogens with zero attached hydrogens (tertiary/aromatic N) is 4. The van der Waals surface area contributed by atoms with E-state index in [9.17, 15) is 9.59 Å². The van der Waals surface area contributed by atoms with E-state index >= 15 is 0 Å². The summed E-state index contributed by atoms with van der Waals surface area (Å²) in [6.45, 7) is 5.53. The number of hydrogen-bond acceptors (Lipinski definition) is 5. The minimum atomic E-state index is -0.442. The molecule has 0 fully saturated rings. The Kier molecular flexibility index (Phi) is 3.86. The highest BCUT2D eigenvalue weighted by Gasteiger charge is 2.32. The van der Waals surface area contributed by atoms with E-state index in [1.165, 1.54) is 10.1 Å². The number of benzene rings is 2. The predicted molar refractivity (Wildman–Crippen MR) is 117 cm³/mol. The van der Waals surface area contributed by atoms with Crippen molar-refractivity contribution in [2.24, 2.45) is 0 Å². The van der Waals surface area contributed by atoms with Crippen molar-refractivity contribution in [3.8, 4) is 0 Å². The van der Waals surface area contributed by atoms with Crippen LogP contribution in [-0.2, 0) is 11.3 Å². The molecule has 0 bridgehead atoms. The molecule has 2 aromatic carbocycles. The van der Waals surface area contributed by atoms with Crippen molar-refractivity contribution >= 4 is 38.7 Å². The quantitative estimate of drug-likeness (QED) is 0.379. The number of carbonyl (C=O) groups excluding carboxylic acids is 1. The SMILES string of the molecule is CCOC(=O)c1c(C)nn2c(=O)c3cccc4c5c(cc(c43)c12)C[N+](C)(C)CN5C. The Morgan fingerprint density at radius 2 is 1.97 bits per heavy atom. The number of ether oxygens (including phenoxy) is 1. The second-order valence-corrected chi connectivity index (χ2v) is 8.84. The number of pyridine rings is 1. The molecule has 0 atom stereocenters. The molecule has 0 radical (unpaired) electrons. The summed E-state index contributed by atoms with van der Waals surface area (Å²) in [5.41, 5.74) is 3.56. The summed E-state index contributed by atoms with van der Waals surface area (Å²) >= 11 is 0. The summed E-state index contributed by atoms with van der Waals surface area (Å²) in [7, 11) is 6.50. The van der Waals surface area contributed by atoms with Gasteiger partial charge in [-0.15, -0.1) is 0 Å². The summed E-state index contributed by atoms with van der Waals surface area (Å²) in [5.74, 6) is -0.442. The first-order valence-corrected chi connectivity index (χ1v) is 10.2. The highest BCUT2D eigenvalue weighted by atomic mass is 16.5. The minimum absolute atomic E-state index is 0.212. The van der Waals surface area contributed by atoms with Gasteiger partial charge in [-0.3, -0.25) is 4.79 Å². The lowest BCUT2D eigenvalue weighted by molar-refractivity contribution is -0.904. The van der Waals surface area contributed by atoms with Crippen LogP contribution in [0.2, 0.25) is 0 Å². The number of fused-ring (bicyclic) bond motifs is 4. The average molecular weight is 405 g/mol. The van der Waals surface area contributed by atoms with E-state index in [0.717, 1.165) is 39.5 Å². The van der Waals surface area contributed by atoms with Gasteiger partial charge in [0, 0.05) is 28.8 Å². The number of quaternary nitrogens is 1. The van der Waals surface area contributed by atoms with E-state index in [-0.39, 0.29) is 12.2 Å². The van der Waals surface area contributed by atoms with Crippen LogP contribution in [0.15, 0.2) is 29.1 Å². The first-order valence-electron chi connectivity index (χ1n) is 10.2. The van der Waals surface area contributed by atoms with Crippen LogP contribution >= 0.6 is 0 Å². The Morgan fingerprint density at radius 1 is 1.23 bits per heavy atom. The summed E-state index contributed by atoms with van der Waals surface area (Å²) in [4.78, 5) is 28.4. The van der Waals surface area contributed by atoms with Crippen molar-refractivity contribution in [2.75, 3.05) is 39.3 Å². The van der Waals surface area contributed by atoms with Crippen LogP contribution in [-0.4, -0.2) is 54.5 Å².